The average molecular weight is 428 g/mol. The summed E-state index contributed by atoms with van der Waals surface area (Å²) in [5.41, 5.74) is 2.21. The third kappa shape index (κ3) is 3.53. The highest BCUT2D eigenvalue weighted by molar-refractivity contribution is 6.01. The zero-order chi connectivity index (χ0) is 22.2. The number of carbonyl (C=O) groups excluding carboxylic acids is 1. The summed E-state index contributed by atoms with van der Waals surface area (Å²) in [6.07, 6.45) is 2.62. The maximum absolute atomic E-state index is 13.0. The summed E-state index contributed by atoms with van der Waals surface area (Å²) < 4.78 is 1.87. The van der Waals surface area contributed by atoms with Crippen molar-refractivity contribution in [1.29, 1.82) is 0 Å². The third-order valence-electron chi connectivity index (χ3n) is 5.81. The lowest BCUT2D eigenvalue weighted by molar-refractivity contribution is -0.117. The number of hydrogen-bond acceptors (Lipinski definition) is 5. The van der Waals surface area contributed by atoms with Crippen LogP contribution in [0.15, 0.2) is 65.6 Å². The van der Waals surface area contributed by atoms with E-state index < -0.39 is 0 Å². The van der Waals surface area contributed by atoms with Gasteiger partial charge in [0.2, 0.25) is 5.91 Å². The van der Waals surface area contributed by atoms with E-state index in [-0.39, 0.29) is 23.6 Å². The van der Waals surface area contributed by atoms with Crippen LogP contribution in [-0.2, 0) is 4.79 Å². The van der Waals surface area contributed by atoms with Crippen molar-refractivity contribution in [2.24, 2.45) is 0 Å². The van der Waals surface area contributed by atoms with Gasteiger partial charge in [0.25, 0.3) is 5.56 Å². The zero-order valence-electron chi connectivity index (χ0n) is 17.9. The van der Waals surface area contributed by atoms with Crippen LogP contribution in [-0.4, -0.2) is 38.5 Å². The Morgan fingerprint density at radius 1 is 1.03 bits per heavy atom. The van der Waals surface area contributed by atoms with Gasteiger partial charge >= 0.3 is 0 Å². The first-order chi connectivity index (χ1) is 15.5. The van der Waals surface area contributed by atoms with E-state index in [0.29, 0.717) is 29.9 Å². The molecule has 1 saturated heterocycles. The lowest BCUT2D eigenvalue weighted by atomic mass is 10.0. The van der Waals surface area contributed by atoms with Gasteiger partial charge in [0.15, 0.2) is 0 Å². The van der Waals surface area contributed by atoms with Gasteiger partial charge < -0.3 is 10.2 Å². The number of nitrogens with zero attached hydrogens (tertiary/aromatic N) is 4. The number of benzene rings is 2. The predicted octanol–water partition coefficient (Wildman–Crippen LogP) is 3.58. The smallest absolute Gasteiger partial charge is 0.272 e. The third-order valence-corrected chi connectivity index (χ3v) is 5.81. The second-order valence-electron chi connectivity index (χ2n) is 8.24. The van der Waals surface area contributed by atoms with Crippen molar-refractivity contribution >= 4 is 28.2 Å². The number of aromatic amines is 1. The fraction of sp³-hybridized carbons (Fsp3) is 0.250. The number of hydrogen-bond donors (Lipinski definition) is 2. The molecule has 0 saturated carbocycles. The molecule has 1 atom stereocenters. The van der Waals surface area contributed by atoms with Gasteiger partial charge in [-0.1, -0.05) is 30.3 Å². The summed E-state index contributed by atoms with van der Waals surface area (Å²) in [6.45, 7) is 4.77. The van der Waals surface area contributed by atoms with Gasteiger partial charge in [-0.25, -0.2) is 5.10 Å². The van der Waals surface area contributed by atoms with Crippen molar-refractivity contribution in [1.82, 2.24) is 20.0 Å². The molecular formula is C24H24N6O2. The van der Waals surface area contributed by atoms with Gasteiger partial charge in [-0.05, 0) is 38.5 Å². The Morgan fingerprint density at radius 2 is 1.78 bits per heavy atom. The number of aromatic nitrogens is 4. The molecule has 0 aliphatic carbocycles. The van der Waals surface area contributed by atoms with Crippen LogP contribution in [0.25, 0.3) is 22.0 Å². The van der Waals surface area contributed by atoms with Crippen LogP contribution in [0.3, 0.4) is 0 Å². The summed E-state index contributed by atoms with van der Waals surface area (Å²) in [5, 5.41) is 16.0. The molecule has 4 aromatic rings. The molecule has 8 heteroatoms. The first kappa shape index (κ1) is 20.0. The second-order valence-corrected chi connectivity index (χ2v) is 8.24. The van der Waals surface area contributed by atoms with Crippen molar-refractivity contribution < 1.29 is 4.79 Å². The Kier molecular flexibility index (Phi) is 4.97. The lowest BCUT2D eigenvalue weighted by Crippen LogP contribution is -2.33. The van der Waals surface area contributed by atoms with Crippen molar-refractivity contribution in [2.45, 2.75) is 32.4 Å². The lowest BCUT2D eigenvalue weighted by Gasteiger charge is -2.18. The van der Waals surface area contributed by atoms with E-state index in [4.69, 9.17) is 0 Å². The summed E-state index contributed by atoms with van der Waals surface area (Å²) in [7, 11) is 0. The number of amides is 1. The monoisotopic (exact) mass is 428 g/mol. The van der Waals surface area contributed by atoms with Crippen LogP contribution in [0.4, 0.5) is 11.5 Å². The maximum atomic E-state index is 13.0. The summed E-state index contributed by atoms with van der Waals surface area (Å²) >= 11 is 0. The Labute approximate surface area is 184 Å². The quantitative estimate of drug-likeness (QED) is 0.507. The molecular weight excluding hydrogens is 404 g/mol. The number of rotatable bonds is 5. The summed E-state index contributed by atoms with van der Waals surface area (Å²) in [6, 6.07) is 17.0. The molecule has 1 aliphatic heterocycles. The van der Waals surface area contributed by atoms with E-state index in [9.17, 15) is 9.59 Å². The highest BCUT2D eigenvalue weighted by Crippen LogP contribution is 2.28. The number of nitrogens with one attached hydrogen (secondary N) is 2. The zero-order valence-corrected chi connectivity index (χ0v) is 17.9. The van der Waals surface area contributed by atoms with Crippen LogP contribution in [0.5, 0.6) is 0 Å². The maximum Gasteiger partial charge on any atom is 0.272 e. The van der Waals surface area contributed by atoms with Gasteiger partial charge in [-0.2, -0.15) is 10.2 Å². The van der Waals surface area contributed by atoms with Crippen LogP contribution in [0.2, 0.25) is 0 Å². The van der Waals surface area contributed by atoms with E-state index in [2.05, 4.69) is 34.5 Å². The number of H-pyrrole nitrogens is 1. The number of carbonyl (C=O) groups is 1. The fourth-order valence-corrected chi connectivity index (χ4v) is 4.09. The highest BCUT2D eigenvalue weighted by Gasteiger charge is 2.33. The van der Waals surface area contributed by atoms with Crippen LogP contribution in [0.1, 0.15) is 26.3 Å². The van der Waals surface area contributed by atoms with Crippen molar-refractivity contribution in [2.75, 3.05) is 16.8 Å². The van der Waals surface area contributed by atoms with E-state index in [0.717, 1.165) is 16.6 Å². The van der Waals surface area contributed by atoms with Crippen molar-refractivity contribution in [3.8, 4) is 11.3 Å². The van der Waals surface area contributed by atoms with Gasteiger partial charge in [0.1, 0.15) is 11.9 Å². The fourth-order valence-electron chi connectivity index (χ4n) is 4.09. The predicted molar refractivity (Wildman–Crippen MR) is 125 cm³/mol. The number of anilines is 2. The molecule has 0 bridgehead atoms. The van der Waals surface area contributed by atoms with Gasteiger partial charge in [-0.3, -0.25) is 14.3 Å². The molecule has 1 aliphatic rings. The molecule has 1 fully saturated rings. The van der Waals surface area contributed by atoms with Gasteiger partial charge in [0, 0.05) is 41.5 Å². The van der Waals surface area contributed by atoms with E-state index in [1.807, 2.05) is 59.4 Å². The van der Waals surface area contributed by atoms with E-state index in [1.54, 1.807) is 11.0 Å². The van der Waals surface area contributed by atoms with E-state index in [1.165, 1.54) is 0 Å². The first-order valence-corrected chi connectivity index (χ1v) is 10.7. The van der Waals surface area contributed by atoms with Gasteiger partial charge in [0.05, 0.1) is 11.1 Å². The molecule has 2 N–H and O–H groups in total. The minimum absolute atomic E-state index is 0.0319. The Bertz CT molecular complexity index is 1340. The van der Waals surface area contributed by atoms with Crippen molar-refractivity contribution in [3.63, 3.8) is 0 Å². The number of fused-ring (bicyclic) bond motifs is 1. The largest absolute Gasteiger partial charge is 0.357 e. The molecule has 2 aromatic carbocycles. The Hall–Kier alpha value is -3.94. The second kappa shape index (κ2) is 7.96. The average Bonchev–Trinajstić information content (AvgIpc) is 3.42. The minimum Gasteiger partial charge on any atom is -0.357 e. The standard InChI is InChI=1S/C24H24N6O2/c1-15(2)30-14-12-21(28-30)25-20-11-13-29(24(20)32)17-9-7-16(8-10-17)22-18-5-3-4-6-19(18)23(31)27-26-22/h3-10,12,14-15,20H,11,13H2,1-2H3,(H,25,28)(H,27,31). The molecule has 3 heterocycles. The molecule has 32 heavy (non-hydrogen) atoms. The Morgan fingerprint density at radius 3 is 2.50 bits per heavy atom. The molecule has 1 unspecified atom stereocenters. The van der Waals surface area contributed by atoms with Crippen LogP contribution >= 0.6 is 0 Å². The van der Waals surface area contributed by atoms with Crippen molar-refractivity contribution in [3.05, 3.63) is 71.1 Å². The molecule has 162 valence electrons. The van der Waals surface area contributed by atoms with Crippen LogP contribution < -0.4 is 15.8 Å². The Balaban J connectivity index is 1.35. The minimum atomic E-state index is -0.296. The molecule has 2 aromatic heterocycles. The molecule has 8 nitrogen and oxygen atoms in total. The first-order valence-electron chi connectivity index (χ1n) is 10.7. The topological polar surface area (TPSA) is 95.9 Å². The molecule has 5 rings (SSSR count). The van der Waals surface area contributed by atoms with E-state index >= 15 is 0 Å². The summed E-state index contributed by atoms with van der Waals surface area (Å²) in [5.74, 6) is 0.745. The van der Waals surface area contributed by atoms with Gasteiger partial charge in [-0.15, -0.1) is 0 Å². The molecule has 1 amide bonds. The molecule has 0 spiro atoms. The van der Waals surface area contributed by atoms with Crippen LogP contribution in [0, 0.1) is 0 Å². The summed E-state index contributed by atoms with van der Waals surface area (Å²) in [4.78, 5) is 26.8. The molecule has 0 radical (unpaired) electrons. The highest BCUT2D eigenvalue weighted by atomic mass is 16.2. The SMILES string of the molecule is CC(C)n1ccc(NC2CCN(c3ccc(-c4n[nH]c(=O)c5ccccc45)cc3)C2=O)n1. The normalized spacial score (nSPS) is 16.3.